The Labute approximate surface area is 161 Å². The van der Waals surface area contributed by atoms with Gasteiger partial charge in [-0.1, -0.05) is 6.07 Å². The molecular weight excluding hydrogens is 358 g/mol. The van der Waals surface area contributed by atoms with Crippen LogP contribution in [0.5, 0.6) is 0 Å². The average Bonchev–Trinajstić information content (AvgIpc) is 3.31. The quantitative estimate of drug-likeness (QED) is 0.473. The van der Waals surface area contributed by atoms with Crippen LogP contribution in [0.25, 0.3) is 16.7 Å². The normalized spacial score (nSPS) is 11.2. The SMILES string of the molecule is COCCNc1nc2cc(C(=O)NCc3cccc4ncnn34)ccc2n1C. The largest absolute Gasteiger partial charge is 0.383 e. The molecule has 0 unspecified atom stereocenters. The highest BCUT2D eigenvalue weighted by atomic mass is 16.5. The second kappa shape index (κ2) is 7.65. The summed E-state index contributed by atoms with van der Waals surface area (Å²) in [6.07, 6.45) is 1.49. The molecule has 4 rings (SSSR count). The van der Waals surface area contributed by atoms with E-state index in [-0.39, 0.29) is 5.91 Å². The number of aromatic nitrogens is 5. The number of pyridine rings is 1. The number of nitrogens with one attached hydrogen (secondary N) is 2. The number of fused-ring (bicyclic) bond motifs is 2. The van der Waals surface area contributed by atoms with Crippen molar-refractivity contribution in [3.8, 4) is 0 Å². The zero-order valence-corrected chi connectivity index (χ0v) is 15.7. The topological polar surface area (TPSA) is 98.4 Å². The number of carbonyl (C=O) groups excluding carboxylic acids is 1. The lowest BCUT2D eigenvalue weighted by Crippen LogP contribution is -2.24. The molecule has 9 heteroatoms. The van der Waals surface area contributed by atoms with Crippen LogP contribution in [0.4, 0.5) is 5.95 Å². The van der Waals surface area contributed by atoms with Crippen LogP contribution in [-0.2, 0) is 18.3 Å². The first-order valence-corrected chi connectivity index (χ1v) is 8.92. The number of ether oxygens (including phenoxy) is 1. The Bertz CT molecular complexity index is 1130. The fourth-order valence-electron chi connectivity index (χ4n) is 3.07. The molecule has 1 aromatic carbocycles. The van der Waals surface area contributed by atoms with E-state index in [1.807, 2.05) is 35.9 Å². The number of carbonyl (C=O) groups is 1. The monoisotopic (exact) mass is 379 g/mol. The Morgan fingerprint density at radius 3 is 3.00 bits per heavy atom. The number of benzene rings is 1. The lowest BCUT2D eigenvalue weighted by atomic mass is 10.2. The molecule has 0 spiro atoms. The first-order chi connectivity index (χ1) is 13.7. The first-order valence-electron chi connectivity index (χ1n) is 8.92. The predicted octanol–water partition coefficient (Wildman–Crippen LogP) is 1.60. The highest BCUT2D eigenvalue weighted by Gasteiger charge is 2.12. The van der Waals surface area contributed by atoms with Crippen LogP contribution in [0.1, 0.15) is 16.1 Å². The lowest BCUT2D eigenvalue weighted by Gasteiger charge is -2.07. The Morgan fingerprint density at radius 2 is 2.14 bits per heavy atom. The molecule has 0 fully saturated rings. The van der Waals surface area contributed by atoms with E-state index in [1.54, 1.807) is 23.8 Å². The second-order valence-electron chi connectivity index (χ2n) is 6.35. The minimum atomic E-state index is -0.168. The van der Waals surface area contributed by atoms with Gasteiger partial charge in [0, 0.05) is 26.3 Å². The first kappa shape index (κ1) is 17.9. The van der Waals surface area contributed by atoms with E-state index in [1.165, 1.54) is 6.33 Å². The number of amides is 1. The van der Waals surface area contributed by atoms with Crippen LogP contribution in [0, 0.1) is 0 Å². The van der Waals surface area contributed by atoms with Crippen LogP contribution in [0.3, 0.4) is 0 Å². The number of hydrogen-bond acceptors (Lipinski definition) is 6. The molecule has 28 heavy (non-hydrogen) atoms. The third kappa shape index (κ3) is 3.39. The van der Waals surface area contributed by atoms with Gasteiger partial charge < -0.3 is 19.9 Å². The highest BCUT2D eigenvalue weighted by molar-refractivity contribution is 5.97. The fourth-order valence-corrected chi connectivity index (χ4v) is 3.07. The molecule has 4 aromatic rings. The van der Waals surface area contributed by atoms with E-state index in [4.69, 9.17) is 4.74 Å². The summed E-state index contributed by atoms with van der Waals surface area (Å²) in [5, 5.41) is 10.3. The molecule has 2 N–H and O–H groups in total. The summed E-state index contributed by atoms with van der Waals surface area (Å²) < 4.78 is 8.72. The Kier molecular flexibility index (Phi) is 4.90. The summed E-state index contributed by atoms with van der Waals surface area (Å²) >= 11 is 0. The van der Waals surface area contributed by atoms with Gasteiger partial charge in [-0.25, -0.2) is 14.5 Å². The average molecular weight is 379 g/mol. The van der Waals surface area contributed by atoms with Gasteiger partial charge >= 0.3 is 0 Å². The van der Waals surface area contributed by atoms with Crippen LogP contribution in [0.2, 0.25) is 0 Å². The van der Waals surface area contributed by atoms with Crippen molar-refractivity contribution >= 4 is 28.5 Å². The molecule has 0 aliphatic heterocycles. The van der Waals surface area contributed by atoms with Gasteiger partial charge in [0.25, 0.3) is 5.91 Å². The van der Waals surface area contributed by atoms with Crippen LogP contribution in [0.15, 0.2) is 42.7 Å². The van der Waals surface area contributed by atoms with Crippen molar-refractivity contribution in [2.45, 2.75) is 6.54 Å². The number of aryl methyl sites for hydroxylation is 1. The molecular formula is C19H21N7O2. The molecule has 9 nitrogen and oxygen atoms in total. The van der Waals surface area contributed by atoms with Gasteiger partial charge in [0.2, 0.25) is 5.95 Å². The molecule has 0 aliphatic rings. The van der Waals surface area contributed by atoms with E-state index >= 15 is 0 Å². The van der Waals surface area contributed by atoms with Crippen molar-refractivity contribution in [3.05, 3.63) is 54.0 Å². The summed E-state index contributed by atoms with van der Waals surface area (Å²) in [7, 11) is 3.59. The zero-order chi connectivity index (χ0) is 19.5. The van der Waals surface area contributed by atoms with Crippen molar-refractivity contribution in [1.29, 1.82) is 0 Å². The van der Waals surface area contributed by atoms with Crippen molar-refractivity contribution in [1.82, 2.24) is 29.5 Å². The van der Waals surface area contributed by atoms with Crippen LogP contribution < -0.4 is 10.6 Å². The third-order valence-electron chi connectivity index (χ3n) is 4.54. The number of rotatable bonds is 7. The Morgan fingerprint density at radius 1 is 1.25 bits per heavy atom. The van der Waals surface area contributed by atoms with Crippen LogP contribution in [-0.4, -0.2) is 50.3 Å². The Hall–Kier alpha value is -3.46. The van der Waals surface area contributed by atoms with Crippen molar-refractivity contribution < 1.29 is 9.53 Å². The molecule has 1 amide bonds. The predicted molar refractivity (Wildman–Crippen MR) is 105 cm³/mol. The van der Waals surface area contributed by atoms with E-state index in [0.717, 1.165) is 28.3 Å². The summed E-state index contributed by atoms with van der Waals surface area (Å²) in [5.74, 6) is 0.570. The summed E-state index contributed by atoms with van der Waals surface area (Å²) in [6.45, 7) is 1.60. The lowest BCUT2D eigenvalue weighted by molar-refractivity contribution is 0.0950. The maximum atomic E-state index is 12.6. The molecule has 0 aliphatic carbocycles. The smallest absolute Gasteiger partial charge is 0.251 e. The van der Waals surface area contributed by atoms with E-state index in [2.05, 4.69) is 25.7 Å². The van der Waals surface area contributed by atoms with Gasteiger partial charge in [-0.15, -0.1) is 0 Å². The highest BCUT2D eigenvalue weighted by Crippen LogP contribution is 2.19. The molecule has 0 saturated heterocycles. The summed E-state index contributed by atoms with van der Waals surface area (Å²) in [4.78, 5) is 21.3. The van der Waals surface area contributed by atoms with E-state index < -0.39 is 0 Å². The standard InChI is InChI=1S/C19H21N7O2/c1-25-16-7-6-13(10-15(16)24-19(25)20-8-9-28-2)18(27)21-11-14-4-3-5-17-22-12-23-26(14)17/h3-7,10,12H,8-9,11H2,1-2H3,(H,20,24)(H,21,27). The van der Waals surface area contributed by atoms with Crippen molar-refractivity contribution in [3.63, 3.8) is 0 Å². The van der Waals surface area contributed by atoms with Crippen LogP contribution >= 0.6 is 0 Å². The van der Waals surface area contributed by atoms with Crippen molar-refractivity contribution in [2.75, 3.05) is 25.6 Å². The fraction of sp³-hybridized carbons (Fsp3) is 0.263. The van der Waals surface area contributed by atoms with Crippen molar-refractivity contribution in [2.24, 2.45) is 7.05 Å². The number of nitrogens with zero attached hydrogens (tertiary/aromatic N) is 5. The maximum Gasteiger partial charge on any atom is 0.251 e. The number of imidazole rings is 1. The number of anilines is 1. The molecule has 0 atom stereocenters. The van der Waals surface area contributed by atoms with Gasteiger partial charge in [-0.2, -0.15) is 5.10 Å². The zero-order valence-electron chi connectivity index (χ0n) is 15.7. The van der Waals surface area contributed by atoms with E-state index in [9.17, 15) is 4.79 Å². The maximum absolute atomic E-state index is 12.6. The van der Waals surface area contributed by atoms with Gasteiger partial charge in [0.15, 0.2) is 5.65 Å². The van der Waals surface area contributed by atoms with E-state index in [0.29, 0.717) is 25.3 Å². The molecule has 3 heterocycles. The minimum absolute atomic E-state index is 0.168. The molecule has 0 saturated carbocycles. The van der Waals surface area contributed by atoms with Gasteiger partial charge in [-0.05, 0) is 30.3 Å². The van der Waals surface area contributed by atoms with Gasteiger partial charge in [0.1, 0.15) is 6.33 Å². The Balaban J connectivity index is 1.50. The van der Waals surface area contributed by atoms with Gasteiger partial charge in [-0.3, -0.25) is 4.79 Å². The second-order valence-corrected chi connectivity index (χ2v) is 6.35. The minimum Gasteiger partial charge on any atom is -0.383 e. The molecule has 0 bridgehead atoms. The summed E-state index contributed by atoms with van der Waals surface area (Å²) in [6, 6.07) is 11.2. The number of hydrogen-bond donors (Lipinski definition) is 2. The van der Waals surface area contributed by atoms with Gasteiger partial charge in [0.05, 0.1) is 29.9 Å². The molecule has 0 radical (unpaired) electrons. The molecule has 144 valence electrons. The third-order valence-corrected chi connectivity index (χ3v) is 4.54. The number of methoxy groups -OCH3 is 1. The molecule has 3 aromatic heterocycles. The summed E-state index contributed by atoms with van der Waals surface area (Å²) in [5.41, 5.74) is 3.86.